The number of nitrogens with zero attached hydrogens (tertiary/aromatic N) is 4. The second-order valence-corrected chi connectivity index (χ2v) is 10.2. The van der Waals surface area contributed by atoms with E-state index in [1.807, 2.05) is 60.8 Å². The van der Waals surface area contributed by atoms with Gasteiger partial charge in [0.05, 0.1) is 25.2 Å². The van der Waals surface area contributed by atoms with E-state index in [-0.39, 0.29) is 12.6 Å². The minimum Gasteiger partial charge on any atom is -0.457 e. The van der Waals surface area contributed by atoms with Crippen LogP contribution in [0.5, 0.6) is 11.5 Å². The Labute approximate surface area is 244 Å². The standard InChI is InChI=1S/C30H35ClN6O4/c31-12-10-23(11-17-40-30(38)33-13-14-36-15-18-39-19-16-36)37-20-26(27-28(32)34-21-35-29(27)37)22-6-8-25(9-7-22)41-24-4-2-1-3-5-24/h1-9,20-21,23H,10-19H2,(H,33,38)(H2,32,34,35). The summed E-state index contributed by atoms with van der Waals surface area (Å²) in [4.78, 5) is 23.4. The van der Waals surface area contributed by atoms with Gasteiger partial charge in [0.2, 0.25) is 0 Å². The van der Waals surface area contributed by atoms with Crippen LogP contribution in [0.15, 0.2) is 67.1 Å². The van der Waals surface area contributed by atoms with Crippen LogP contribution in [0, 0.1) is 0 Å². The molecule has 1 saturated heterocycles. The molecule has 0 saturated carbocycles. The third-order valence-electron chi connectivity index (χ3n) is 7.10. The fourth-order valence-electron chi connectivity index (χ4n) is 4.96. The highest BCUT2D eigenvalue weighted by Crippen LogP contribution is 2.36. The average Bonchev–Trinajstić information content (AvgIpc) is 3.39. The molecule has 0 aliphatic carbocycles. The highest BCUT2D eigenvalue weighted by Gasteiger charge is 2.21. The van der Waals surface area contributed by atoms with Crippen LogP contribution in [-0.4, -0.2) is 77.4 Å². The quantitative estimate of drug-likeness (QED) is 0.223. The molecule has 11 heteroatoms. The summed E-state index contributed by atoms with van der Waals surface area (Å²) >= 11 is 6.20. The third kappa shape index (κ3) is 7.46. The number of carbonyl (C=O) groups is 1. The molecule has 1 aliphatic rings. The molecule has 1 aliphatic heterocycles. The van der Waals surface area contributed by atoms with Crippen LogP contribution in [0.3, 0.4) is 0 Å². The minimum atomic E-state index is -0.426. The highest BCUT2D eigenvalue weighted by atomic mass is 35.5. The largest absolute Gasteiger partial charge is 0.457 e. The number of fused-ring (bicyclic) bond motifs is 1. The number of carbonyl (C=O) groups excluding carboxylic acids is 1. The van der Waals surface area contributed by atoms with E-state index in [9.17, 15) is 4.79 Å². The van der Waals surface area contributed by atoms with Gasteiger partial charge in [-0.3, -0.25) is 4.90 Å². The zero-order valence-electron chi connectivity index (χ0n) is 22.9. The van der Waals surface area contributed by atoms with E-state index in [0.29, 0.717) is 36.7 Å². The summed E-state index contributed by atoms with van der Waals surface area (Å²) in [6.07, 6.45) is 4.30. The number of nitrogens with one attached hydrogen (secondary N) is 1. The topological polar surface area (TPSA) is 117 Å². The van der Waals surface area contributed by atoms with Crippen molar-refractivity contribution in [2.45, 2.75) is 18.9 Å². The zero-order chi connectivity index (χ0) is 28.4. The zero-order valence-corrected chi connectivity index (χ0v) is 23.6. The summed E-state index contributed by atoms with van der Waals surface area (Å²) in [5.74, 6) is 2.34. The number of anilines is 1. The van der Waals surface area contributed by atoms with Crippen molar-refractivity contribution < 1.29 is 19.0 Å². The molecule has 216 valence electrons. The number of halogens is 1. The second-order valence-electron chi connectivity index (χ2n) is 9.78. The number of morpholine rings is 1. The number of alkyl halides is 1. The Morgan fingerprint density at radius 3 is 2.56 bits per heavy atom. The molecule has 5 rings (SSSR count). The smallest absolute Gasteiger partial charge is 0.407 e. The first-order chi connectivity index (χ1) is 20.1. The van der Waals surface area contributed by atoms with Crippen molar-refractivity contribution in [3.8, 4) is 22.6 Å². The van der Waals surface area contributed by atoms with Crippen molar-refractivity contribution in [1.82, 2.24) is 24.8 Å². The number of nitrogens with two attached hydrogens (primary N) is 1. The molecule has 3 heterocycles. The summed E-state index contributed by atoms with van der Waals surface area (Å²) in [6, 6.07) is 17.4. The molecule has 1 fully saturated rings. The first kappa shape index (κ1) is 28.7. The van der Waals surface area contributed by atoms with E-state index >= 15 is 0 Å². The minimum absolute atomic E-state index is 0.0557. The molecule has 1 amide bonds. The van der Waals surface area contributed by atoms with Crippen molar-refractivity contribution in [3.63, 3.8) is 0 Å². The monoisotopic (exact) mass is 578 g/mol. The Morgan fingerprint density at radius 2 is 1.80 bits per heavy atom. The molecule has 3 N–H and O–H groups in total. The lowest BCUT2D eigenvalue weighted by Gasteiger charge is -2.26. The summed E-state index contributed by atoms with van der Waals surface area (Å²) in [7, 11) is 0. The summed E-state index contributed by atoms with van der Waals surface area (Å²) in [5.41, 5.74) is 8.92. The lowest BCUT2D eigenvalue weighted by Crippen LogP contribution is -2.41. The fourth-order valence-corrected chi connectivity index (χ4v) is 5.21. The normalized spacial score (nSPS) is 14.6. The molecule has 1 atom stereocenters. The molecule has 1 unspecified atom stereocenters. The molecule has 0 bridgehead atoms. The number of para-hydroxylation sites is 1. The van der Waals surface area contributed by atoms with Crippen LogP contribution in [-0.2, 0) is 9.47 Å². The van der Waals surface area contributed by atoms with Gasteiger partial charge in [-0.2, -0.15) is 0 Å². The number of amides is 1. The van der Waals surface area contributed by atoms with Crippen LogP contribution in [0.25, 0.3) is 22.2 Å². The van der Waals surface area contributed by atoms with Gasteiger partial charge in [0.15, 0.2) is 0 Å². The fraction of sp³-hybridized carbons (Fsp3) is 0.367. The first-order valence-electron chi connectivity index (χ1n) is 13.8. The molecular formula is C30H35ClN6O4. The highest BCUT2D eigenvalue weighted by molar-refractivity contribution is 6.17. The maximum Gasteiger partial charge on any atom is 0.407 e. The van der Waals surface area contributed by atoms with Gasteiger partial charge >= 0.3 is 6.09 Å². The van der Waals surface area contributed by atoms with Crippen molar-refractivity contribution in [1.29, 1.82) is 0 Å². The van der Waals surface area contributed by atoms with Gasteiger partial charge in [0, 0.05) is 56.3 Å². The first-order valence-corrected chi connectivity index (χ1v) is 14.4. The molecule has 2 aromatic carbocycles. The van der Waals surface area contributed by atoms with Gasteiger partial charge in [0.1, 0.15) is 29.3 Å². The maximum absolute atomic E-state index is 12.3. The third-order valence-corrected chi connectivity index (χ3v) is 7.32. The Kier molecular flexibility index (Phi) is 9.90. The number of hydrogen-bond acceptors (Lipinski definition) is 8. The number of aromatic nitrogens is 3. The predicted molar refractivity (Wildman–Crippen MR) is 159 cm³/mol. The number of nitrogen functional groups attached to an aromatic ring is 1. The van der Waals surface area contributed by atoms with E-state index in [2.05, 4.69) is 24.8 Å². The van der Waals surface area contributed by atoms with E-state index in [4.69, 9.17) is 31.5 Å². The second kappa shape index (κ2) is 14.2. The van der Waals surface area contributed by atoms with Crippen LogP contribution in [0.1, 0.15) is 18.9 Å². The Balaban J connectivity index is 1.26. The number of alkyl carbamates (subject to hydrolysis) is 1. The molecule has 0 radical (unpaired) electrons. The van der Waals surface area contributed by atoms with Crippen LogP contribution in [0.4, 0.5) is 10.6 Å². The molecule has 4 aromatic rings. The van der Waals surface area contributed by atoms with Crippen molar-refractivity contribution in [3.05, 3.63) is 67.1 Å². The number of hydrogen-bond donors (Lipinski definition) is 2. The van der Waals surface area contributed by atoms with E-state index in [0.717, 1.165) is 60.9 Å². The molecular weight excluding hydrogens is 544 g/mol. The van der Waals surface area contributed by atoms with Crippen molar-refractivity contribution in [2.24, 2.45) is 0 Å². The molecule has 0 spiro atoms. The average molecular weight is 579 g/mol. The van der Waals surface area contributed by atoms with Crippen LogP contribution in [0.2, 0.25) is 0 Å². The maximum atomic E-state index is 12.3. The Morgan fingerprint density at radius 1 is 1.05 bits per heavy atom. The van der Waals surface area contributed by atoms with E-state index in [1.165, 1.54) is 6.33 Å². The van der Waals surface area contributed by atoms with Crippen LogP contribution >= 0.6 is 11.6 Å². The molecule has 10 nitrogen and oxygen atoms in total. The molecule has 41 heavy (non-hydrogen) atoms. The SMILES string of the molecule is Nc1ncnc2c1c(-c1ccc(Oc3ccccc3)cc1)cn2C(CCCl)CCOC(=O)NCCN1CCOCC1. The number of ether oxygens (including phenoxy) is 3. The van der Waals surface area contributed by atoms with Gasteiger partial charge in [-0.1, -0.05) is 30.3 Å². The van der Waals surface area contributed by atoms with E-state index < -0.39 is 6.09 Å². The number of rotatable bonds is 12. The van der Waals surface area contributed by atoms with Gasteiger partial charge in [0.25, 0.3) is 0 Å². The lowest BCUT2D eigenvalue weighted by molar-refractivity contribution is 0.0382. The molecule has 2 aromatic heterocycles. The lowest BCUT2D eigenvalue weighted by atomic mass is 10.1. The summed E-state index contributed by atoms with van der Waals surface area (Å²) < 4.78 is 18.9. The van der Waals surface area contributed by atoms with Crippen molar-refractivity contribution in [2.75, 3.05) is 57.6 Å². The van der Waals surface area contributed by atoms with Gasteiger partial charge in [-0.15, -0.1) is 11.6 Å². The van der Waals surface area contributed by atoms with E-state index in [1.54, 1.807) is 0 Å². The van der Waals surface area contributed by atoms with Gasteiger partial charge in [-0.25, -0.2) is 14.8 Å². The van der Waals surface area contributed by atoms with Crippen molar-refractivity contribution >= 4 is 34.5 Å². The Hall–Kier alpha value is -3.86. The number of benzene rings is 2. The van der Waals surface area contributed by atoms with Gasteiger partial charge < -0.3 is 29.8 Å². The summed E-state index contributed by atoms with van der Waals surface area (Å²) in [6.45, 7) is 4.76. The summed E-state index contributed by atoms with van der Waals surface area (Å²) in [5, 5.41) is 3.60. The Bertz CT molecular complexity index is 1410. The van der Waals surface area contributed by atoms with Gasteiger partial charge in [-0.05, 0) is 36.2 Å². The van der Waals surface area contributed by atoms with Crippen LogP contribution < -0.4 is 15.8 Å². The predicted octanol–water partition coefficient (Wildman–Crippen LogP) is 5.09.